The van der Waals surface area contributed by atoms with Gasteiger partial charge in [0, 0.05) is 6.04 Å². The summed E-state index contributed by atoms with van der Waals surface area (Å²) in [4.78, 5) is 0. The van der Waals surface area contributed by atoms with Crippen LogP contribution in [-0.2, 0) is 0 Å². The Morgan fingerprint density at radius 1 is 1.00 bits per heavy atom. The Balaban J connectivity index is 0. The van der Waals surface area contributed by atoms with Crippen molar-refractivity contribution in [3.8, 4) is 0 Å². The number of allylic oxidation sites excluding steroid dienone is 3. The minimum atomic E-state index is 0.289. The summed E-state index contributed by atoms with van der Waals surface area (Å²) in [7, 11) is 0. The molecule has 0 radical (unpaired) electrons. The quantitative estimate of drug-likeness (QED) is 0.640. The van der Waals surface area contributed by atoms with Crippen molar-refractivity contribution in [2.45, 2.75) is 67.3 Å². The van der Waals surface area contributed by atoms with Crippen molar-refractivity contribution >= 4 is 5.57 Å². The van der Waals surface area contributed by atoms with Gasteiger partial charge in [0.05, 0.1) is 0 Å². The van der Waals surface area contributed by atoms with Gasteiger partial charge in [0.25, 0.3) is 0 Å². The fraction of sp³-hybridized carbons (Fsp3) is 0.500. The summed E-state index contributed by atoms with van der Waals surface area (Å²) < 4.78 is 0. The second-order valence-corrected chi connectivity index (χ2v) is 4.60. The van der Waals surface area contributed by atoms with E-state index in [2.05, 4.69) is 57.2 Å². The second-order valence-electron chi connectivity index (χ2n) is 4.60. The Bertz CT molecular complexity index is 388. The van der Waals surface area contributed by atoms with Crippen molar-refractivity contribution in [3.63, 3.8) is 0 Å². The van der Waals surface area contributed by atoms with Crippen molar-refractivity contribution in [2.24, 2.45) is 5.73 Å². The number of hydrogen-bond acceptors (Lipinski definition) is 1. The Kier molecular flexibility index (Phi) is 15.7. The number of nitrogens with two attached hydrogens (primary N) is 1. The molecule has 0 aliphatic heterocycles. The maximum Gasteiger partial charge on any atom is 0.00734 e. The lowest BCUT2D eigenvalue weighted by Crippen LogP contribution is -2.18. The Labute approximate surface area is 133 Å². The normalized spacial score (nSPS) is 12.6. The van der Waals surface area contributed by atoms with Crippen LogP contribution in [0.25, 0.3) is 5.57 Å². The summed E-state index contributed by atoms with van der Waals surface area (Å²) in [5.41, 5.74) is 9.83. The van der Waals surface area contributed by atoms with Crippen molar-refractivity contribution in [3.05, 3.63) is 53.6 Å². The largest absolute Gasteiger partial charge is 0.327 e. The molecule has 0 amide bonds. The van der Waals surface area contributed by atoms with Gasteiger partial charge in [0.1, 0.15) is 0 Å². The molecular formula is C20H35N. The highest BCUT2D eigenvalue weighted by molar-refractivity contribution is 5.65. The van der Waals surface area contributed by atoms with Crippen molar-refractivity contribution < 1.29 is 0 Å². The van der Waals surface area contributed by atoms with Crippen LogP contribution in [-0.4, -0.2) is 6.04 Å². The molecule has 0 aliphatic rings. The molecule has 0 bridgehead atoms. The third-order valence-corrected chi connectivity index (χ3v) is 2.96. The topological polar surface area (TPSA) is 26.0 Å². The van der Waals surface area contributed by atoms with Crippen LogP contribution >= 0.6 is 0 Å². The monoisotopic (exact) mass is 289 g/mol. The first kappa shape index (κ1) is 21.9. The number of rotatable bonds is 5. The van der Waals surface area contributed by atoms with Crippen LogP contribution in [0.2, 0.25) is 0 Å². The van der Waals surface area contributed by atoms with E-state index in [1.807, 2.05) is 33.8 Å². The first-order valence-corrected chi connectivity index (χ1v) is 8.28. The van der Waals surface area contributed by atoms with Crippen LogP contribution in [0.3, 0.4) is 0 Å². The maximum absolute atomic E-state index is 5.93. The molecule has 0 heterocycles. The summed E-state index contributed by atoms with van der Waals surface area (Å²) in [5.74, 6) is 0. The van der Waals surface area contributed by atoms with Gasteiger partial charge in [-0.15, -0.1) is 0 Å². The number of benzene rings is 1. The average Bonchev–Trinajstić information content (AvgIpc) is 2.57. The zero-order valence-electron chi connectivity index (χ0n) is 15.1. The SMILES string of the molecule is CC.CC.CCC(N)C/C(C)=C/C=C(\C)c1ccccc1. The minimum Gasteiger partial charge on any atom is -0.327 e. The molecule has 0 aliphatic carbocycles. The summed E-state index contributed by atoms with van der Waals surface area (Å²) >= 11 is 0. The lowest BCUT2D eigenvalue weighted by Gasteiger charge is -2.08. The van der Waals surface area contributed by atoms with Gasteiger partial charge in [0.2, 0.25) is 0 Å². The van der Waals surface area contributed by atoms with Gasteiger partial charge in [-0.3, -0.25) is 0 Å². The average molecular weight is 290 g/mol. The third kappa shape index (κ3) is 11.0. The standard InChI is InChI=1S/C16H23N.2C2H6/c1-4-16(17)12-13(2)10-11-14(3)15-8-6-5-7-9-15;2*1-2/h5-11,16H,4,12,17H2,1-3H3;2*1-2H3/b13-10+,14-11+;;. The molecule has 1 nitrogen and oxygen atoms in total. The predicted molar refractivity (Wildman–Crippen MR) is 99.4 cm³/mol. The fourth-order valence-electron chi connectivity index (χ4n) is 1.69. The van der Waals surface area contributed by atoms with E-state index in [1.165, 1.54) is 16.7 Å². The van der Waals surface area contributed by atoms with Gasteiger partial charge in [-0.1, -0.05) is 82.7 Å². The minimum absolute atomic E-state index is 0.289. The van der Waals surface area contributed by atoms with Crippen molar-refractivity contribution in [2.75, 3.05) is 0 Å². The highest BCUT2D eigenvalue weighted by atomic mass is 14.6. The second kappa shape index (κ2) is 15.1. The van der Waals surface area contributed by atoms with Crippen LogP contribution < -0.4 is 5.73 Å². The molecule has 0 aromatic heterocycles. The predicted octanol–water partition coefficient (Wildman–Crippen LogP) is 6.22. The lowest BCUT2D eigenvalue weighted by molar-refractivity contribution is 0.642. The van der Waals surface area contributed by atoms with Crippen LogP contribution in [0.1, 0.15) is 66.9 Å². The smallest absolute Gasteiger partial charge is 0.00734 e. The van der Waals surface area contributed by atoms with E-state index >= 15 is 0 Å². The highest BCUT2D eigenvalue weighted by Crippen LogP contribution is 2.14. The van der Waals surface area contributed by atoms with E-state index in [0.717, 1.165) is 12.8 Å². The van der Waals surface area contributed by atoms with E-state index in [-0.39, 0.29) is 6.04 Å². The summed E-state index contributed by atoms with van der Waals surface area (Å²) in [6.07, 6.45) is 6.37. The molecule has 21 heavy (non-hydrogen) atoms. The summed E-state index contributed by atoms with van der Waals surface area (Å²) in [6.45, 7) is 14.4. The molecule has 1 heteroatoms. The van der Waals surface area contributed by atoms with E-state index in [0.29, 0.717) is 0 Å². The van der Waals surface area contributed by atoms with Crippen LogP contribution in [0.15, 0.2) is 48.1 Å². The third-order valence-electron chi connectivity index (χ3n) is 2.96. The molecule has 120 valence electrons. The van der Waals surface area contributed by atoms with Gasteiger partial charge in [-0.2, -0.15) is 0 Å². The molecule has 1 aromatic rings. The highest BCUT2D eigenvalue weighted by Gasteiger charge is 1.99. The van der Waals surface area contributed by atoms with Crippen molar-refractivity contribution in [1.82, 2.24) is 0 Å². The van der Waals surface area contributed by atoms with Gasteiger partial charge in [-0.25, -0.2) is 0 Å². The van der Waals surface area contributed by atoms with E-state index < -0.39 is 0 Å². The van der Waals surface area contributed by atoms with E-state index in [9.17, 15) is 0 Å². The van der Waals surface area contributed by atoms with E-state index in [1.54, 1.807) is 0 Å². The van der Waals surface area contributed by atoms with Gasteiger partial charge in [0.15, 0.2) is 0 Å². The van der Waals surface area contributed by atoms with E-state index in [4.69, 9.17) is 5.73 Å². The maximum atomic E-state index is 5.93. The molecule has 2 N–H and O–H groups in total. The molecular weight excluding hydrogens is 254 g/mol. The van der Waals surface area contributed by atoms with Gasteiger partial charge in [-0.05, 0) is 37.8 Å². The van der Waals surface area contributed by atoms with Crippen LogP contribution in [0, 0.1) is 0 Å². The fourth-order valence-corrected chi connectivity index (χ4v) is 1.69. The zero-order chi connectivity index (χ0) is 16.7. The van der Waals surface area contributed by atoms with Crippen LogP contribution in [0.4, 0.5) is 0 Å². The number of hydrogen-bond donors (Lipinski definition) is 1. The van der Waals surface area contributed by atoms with Gasteiger partial charge >= 0.3 is 0 Å². The molecule has 0 spiro atoms. The first-order valence-electron chi connectivity index (χ1n) is 8.28. The van der Waals surface area contributed by atoms with Crippen molar-refractivity contribution in [1.29, 1.82) is 0 Å². The Morgan fingerprint density at radius 3 is 2.00 bits per heavy atom. The zero-order valence-corrected chi connectivity index (χ0v) is 15.1. The molecule has 1 atom stereocenters. The summed E-state index contributed by atoms with van der Waals surface area (Å²) in [5, 5.41) is 0. The first-order chi connectivity index (χ1) is 10.1. The molecule has 0 fully saturated rings. The summed E-state index contributed by atoms with van der Waals surface area (Å²) in [6, 6.07) is 10.7. The van der Waals surface area contributed by atoms with Gasteiger partial charge < -0.3 is 5.73 Å². The molecule has 0 saturated heterocycles. The molecule has 1 aromatic carbocycles. The Morgan fingerprint density at radius 2 is 1.52 bits per heavy atom. The molecule has 1 rings (SSSR count). The van der Waals surface area contributed by atoms with Crippen LogP contribution in [0.5, 0.6) is 0 Å². The molecule has 0 saturated carbocycles. The molecule has 1 unspecified atom stereocenters. The lowest BCUT2D eigenvalue weighted by atomic mass is 10.0. The Hall–Kier alpha value is -1.34.